The number of hydrogen-bond acceptors (Lipinski definition) is 4. The third-order valence-corrected chi connectivity index (χ3v) is 5.61. The second kappa shape index (κ2) is 13.5. The maximum absolute atomic E-state index is 11.6. The lowest BCUT2D eigenvalue weighted by atomic mass is 9.87. The molecule has 0 amide bonds. The van der Waals surface area contributed by atoms with Gasteiger partial charge in [-0.25, -0.2) is 0 Å². The smallest absolute Gasteiger partial charge is 0.192 e. The normalized spacial score (nSPS) is 23.7. The molecule has 3 N–H and O–H groups in total. The largest absolute Gasteiger partial charge is 0.390 e. The van der Waals surface area contributed by atoms with Crippen molar-refractivity contribution in [2.75, 3.05) is 0 Å². The van der Waals surface area contributed by atoms with Gasteiger partial charge in [0.1, 0.15) is 6.10 Å². The van der Waals surface area contributed by atoms with Gasteiger partial charge in [0.2, 0.25) is 0 Å². The Hall–Kier alpha value is -0.710. The van der Waals surface area contributed by atoms with Crippen LogP contribution in [0.15, 0.2) is 12.2 Å². The lowest BCUT2D eigenvalue weighted by Crippen LogP contribution is -2.54. The summed E-state index contributed by atoms with van der Waals surface area (Å²) < 4.78 is 0. The predicted octanol–water partition coefficient (Wildman–Crippen LogP) is 4.45. The highest BCUT2D eigenvalue weighted by atomic mass is 16.4. The average molecular weight is 369 g/mol. The molecule has 0 spiro atoms. The maximum Gasteiger partial charge on any atom is 0.192 e. The molecule has 0 saturated carbocycles. The van der Waals surface area contributed by atoms with E-state index >= 15 is 0 Å². The van der Waals surface area contributed by atoms with Crippen LogP contribution in [0.3, 0.4) is 0 Å². The van der Waals surface area contributed by atoms with Gasteiger partial charge in [0, 0.05) is 0 Å². The zero-order valence-electron chi connectivity index (χ0n) is 16.7. The first-order valence-corrected chi connectivity index (χ1v) is 10.8. The van der Waals surface area contributed by atoms with Crippen molar-refractivity contribution >= 4 is 5.78 Å². The molecule has 0 heterocycles. The lowest BCUT2D eigenvalue weighted by Gasteiger charge is -2.30. The number of carbonyl (C=O) groups excluding carboxylic acids is 1. The van der Waals surface area contributed by atoms with Crippen LogP contribution in [-0.4, -0.2) is 38.9 Å². The first-order valence-electron chi connectivity index (χ1n) is 10.8. The van der Waals surface area contributed by atoms with Gasteiger partial charge >= 0.3 is 0 Å². The van der Waals surface area contributed by atoms with Gasteiger partial charge in [0.15, 0.2) is 11.4 Å². The summed E-state index contributed by atoms with van der Waals surface area (Å²) in [7, 11) is 0. The minimum absolute atomic E-state index is 0.346. The number of carbonyl (C=O) groups is 1. The number of aliphatic hydroxyl groups excluding tert-OH is 2. The zero-order valence-corrected chi connectivity index (χ0v) is 16.7. The molecule has 0 saturated heterocycles. The second-order valence-electron chi connectivity index (χ2n) is 7.89. The van der Waals surface area contributed by atoms with E-state index in [9.17, 15) is 20.1 Å². The second-order valence-corrected chi connectivity index (χ2v) is 7.89. The Morgan fingerprint density at radius 3 is 1.69 bits per heavy atom. The first kappa shape index (κ1) is 23.3. The molecule has 0 radical (unpaired) electrons. The van der Waals surface area contributed by atoms with Crippen molar-refractivity contribution in [3.63, 3.8) is 0 Å². The maximum atomic E-state index is 11.6. The molecule has 0 aromatic rings. The van der Waals surface area contributed by atoms with Gasteiger partial charge < -0.3 is 15.3 Å². The zero-order chi connectivity index (χ0) is 19.3. The molecule has 0 unspecified atom stereocenters. The Bertz CT molecular complexity index is 407. The van der Waals surface area contributed by atoms with E-state index < -0.39 is 23.6 Å². The van der Waals surface area contributed by atoms with Crippen LogP contribution in [0.1, 0.15) is 103 Å². The van der Waals surface area contributed by atoms with E-state index in [1.807, 2.05) is 0 Å². The van der Waals surface area contributed by atoms with Gasteiger partial charge in [0.25, 0.3) is 0 Å². The summed E-state index contributed by atoms with van der Waals surface area (Å²) in [6.45, 7) is 2.25. The average Bonchev–Trinajstić information content (AvgIpc) is 2.90. The summed E-state index contributed by atoms with van der Waals surface area (Å²) in [4.78, 5) is 11.6. The first-order chi connectivity index (χ1) is 12.5. The lowest BCUT2D eigenvalue weighted by molar-refractivity contribution is -0.158. The molecule has 0 aliphatic heterocycles. The van der Waals surface area contributed by atoms with Gasteiger partial charge in [-0.3, -0.25) is 4.79 Å². The van der Waals surface area contributed by atoms with Crippen LogP contribution in [0.5, 0.6) is 0 Å². The van der Waals surface area contributed by atoms with Gasteiger partial charge in [-0.15, -0.1) is 0 Å². The molecule has 0 bridgehead atoms. The van der Waals surface area contributed by atoms with Crippen molar-refractivity contribution in [3.05, 3.63) is 12.2 Å². The van der Waals surface area contributed by atoms with E-state index in [0.29, 0.717) is 6.42 Å². The van der Waals surface area contributed by atoms with Gasteiger partial charge in [0.05, 0.1) is 6.10 Å². The fourth-order valence-electron chi connectivity index (χ4n) is 3.72. The summed E-state index contributed by atoms with van der Waals surface area (Å²) in [5.74, 6) is -0.595. The molecule has 152 valence electrons. The van der Waals surface area contributed by atoms with Crippen LogP contribution in [0, 0.1) is 0 Å². The van der Waals surface area contributed by atoms with Crippen LogP contribution in [0.4, 0.5) is 0 Å². The van der Waals surface area contributed by atoms with Crippen molar-refractivity contribution in [3.8, 4) is 0 Å². The summed E-state index contributed by atoms with van der Waals surface area (Å²) in [5.41, 5.74) is -2.03. The minimum atomic E-state index is -2.03. The van der Waals surface area contributed by atoms with Crippen LogP contribution in [0.25, 0.3) is 0 Å². The molecule has 1 rings (SSSR count). The molecule has 3 atom stereocenters. The van der Waals surface area contributed by atoms with Crippen LogP contribution in [-0.2, 0) is 4.79 Å². The van der Waals surface area contributed by atoms with E-state index in [0.717, 1.165) is 25.3 Å². The SMILES string of the molecule is CCCCCCCCCCCCCCCC[C@H](O)[C@]1(O)C(=O)C=C[C@H]1O. The summed E-state index contributed by atoms with van der Waals surface area (Å²) in [6, 6.07) is 0. The Morgan fingerprint density at radius 2 is 1.31 bits per heavy atom. The standard InChI is InChI=1S/C22H40O4/c1-2-3-4-5-6-7-8-9-10-11-12-13-14-15-16-19(23)22(26)20(24)17-18-21(22)25/h17-20,23-24,26H,2-16H2,1H3/t19-,20+,22+/m0/s1. The summed E-state index contributed by atoms with van der Waals surface area (Å²) in [5, 5.41) is 29.9. The van der Waals surface area contributed by atoms with E-state index in [4.69, 9.17) is 0 Å². The highest BCUT2D eigenvalue weighted by molar-refractivity contribution is 6.00. The highest BCUT2D eigenvalue weighted by Gasteiger charge is 2.50. The van der Waals surface area contributed by atoms with E-state index in [-0.39, 0.29) is 0 Å². The van der Waals surface area contributed by atoms with Crippen molar-refractivity contribution in [2.45, 2.75) is 121 Å². The quantitative estimate of drug-likeness (QED) is 0.352. The van der Waals surface area contributed by atoms with Crippen molar-refractivity contribution in [2.24, 2.45) is 0 Å². The summed E-state index contributed by atoms with van der Waals surface area (Å²) in [6.07, 6.45) is 17.9. The Labute approximate surface area is 159 Å². The number of hydrogen-bond donors (Lipinski definition) is 3. The topological polar surface area (TPSA) is 77.8 Å². The van der Waals surface area contributed by atoms with E-state index in [1.54, 1.807) is 0 Å². The molecule has 1 aliphatic carbocycles. The van der Waals surface area contributed by atoms with E-state index in [2.05, 4.69) is 6.92 Å². The Balaban J connectivity index is 1.90. The number of rotatable bonds is 16. The third-order valence-electron chi connectivity index (χ3n) is 5.61. The molecular formula is C22H40O4. The van der Waals surface area contributed by atoms with Gasteiger partial charge in [-0.2, -0.15) is 0 Å². The van der Waals surface area contributed by atoms with Crippen molar-refractivity contribution < 1.29 is 20.1 Å². The summed E-state index contributed by atoms with van der Waals surface area (Å²) >= 11 is 0. The van der Waals surface area contributed by atoms with Crippen LogP contribution >= 0.6 is 0 Å². The number of ketones is 1. The van der Waals surface area contributed by atoms with Gasteiger partial charge in [-0.05, 0) is 18.6 Å². The monoisotopic (exact) mass is 368 g/mol. The predicted molar refractivity (Wildman–Crippen MR) is 106 cm³/mol. The number of aliphatic hydroxyl groups is 3. The fraction of sp³-hybridized carbons (Fsp3) is 0.864. The van der Waals surface area contributed by atoms with Crippen molar-refractivity contribution in [1.82, 2.24) is 0 Å². The van der Waals surface area contributed by atoms with Crippen LogP contribution in [0.2, 0.25) is 0 Å². The molecule has 4 heteroatoms. The van der Waals surface area contributed by atoms with Crippen LogP contribution < -0.4 is 0 Å². The molecular weight excluding hydrogens is 328 g/mol. The third kappa shape index (κ3) is 7.89. The highest BCUT2D eigenvalue weighted by Crippen LogP contribution is 2.27. The Kier molecular flexibility index (Phi) is 12.1. The molecule has 0 aromatic carbocycles. The molecule has 26 heavy (non-hydrogen) atoms. The minimum Gasteiger partial charge on any atom is -0.390 e. The molecule has 1 aliphatic rings. The fourth-order valence-corrected chi connectivity index (χ4v) is 3.72. The van der Waals surface area contributed by atoms with Gasteiger partial charge in [-0.1, -0.05) is 96.8 Å². The van der Waals surface area contributed by atoms with E-state index in [1.165, 1.54) is 76.7 Å². The van der Waals surface area contributed by atoms with Crippen molar-refractivity contribution in [1.29, 1.82) is 0 Å². The molecule has 4 nitrogen and oxygen atoms in total. The Morgan fingerprint density at radius 1 is 0.885 bits per heavy atom. The molecule has 0 aromatic heterocycles. The molecule has 0 fully saturated rings. The number of unbranched alkanes of at least 4 members (excludes halogenated alkanes) is 13.